The van der Waals surface area contributed by atoms with Crippen LogP contribution in [0.2, 0.25) is 0 Å². The Kier molecular flexibility index (Phi) is 5.20. The van der Waals surface area contributed by atoms with Crippen LogP contribution in [0, 0.1) is 0 Å². The van der Waals surface area contributed by atoms with Crippen molar-refractivity contribution >= 4 is 11.8 Å². The Labute approximate surface area is 135 Å². The summed E-state index contributed by atoms with van der Waals surface area (Å²) in [5.74, 6) is 0.635. The summed E-state index contributed by atoms with van der Waals surface area (Å²) in [6, 6.07) is 17.8. The van der Waals surface area contributed by atoms with E-state index >= 15 is 0 Å². The van der Waals surface area contributed by atoms with Gasteiger partial charge in [0.2, 0.25) is 0 Å². The molecule has 1 nitrogen and oxygen atoms in total. The smallest absolute Gasteiger partial charge is 0.132 e. The Balaban J connectivity index is 2.16. The summed E-state index contributed by atoms with van der Waals surface area (Å²) in [6.45, 7) is 9.32. The lowest BCUT2D eigenvalue weighted by Crippen LogP contribution is -2.39. The van der Waals surface area contributed by atoms with Crippen LogP contribution in [0.1, 0.15) is 42.9 Å². The molecular formula is C21H28N+. The maximum absolute atomic E-state index is 3.81. The van der Waals surface area contributed by atoms with Crippen LogP contribution in [0.15, 0.2) is 55.1 Å². The first-order valence-corrected chi connectivity index (χ1v) is 8.11. The summed E-state index contributed by atoms with van der Waals surface area (Å²) < 4.78 is 0.855. The van der Waals surface area contributed by atoms with Crippen LogP contribution in [0.3, 0.4) is 0 Å². The van der Waals surface area contributed by atoms with Crippen LogP contribution in [-0.2, 0) is 6.54 Å². The van der Waals surface area contributed by atoms with Crippen LogP contribution >= 0.6 is 0 Å². The fourth-order valence-corrected chi connectivity index (χ4v) is 2.75. The Morgan fingerprint density at radius 2 is 1.59 bits per heavy atom. The van der Waals surface area contributed by atoms with Gasteiger partial charge in [-0.25, -0.2) is 0 Å². The molecule has 116 valence electrons. The molecule has 0 saturated carbocycles. The fraction of sp³-hybridized carbons (Fsp3) is 0.333. The Bertz CT molecular complexity index is 605. The van der Waals surface area contributed by atoms with Gasteiger partial charge in [0.25, 0.3) is 0 Å². The molecule has 0 bridgehead atoms. The molecular weight excluding hydrogens is 266 g/mol. The SMILES string of the molecule is C=Cc1ccc(C[N+](C)(C)c2ccc(C(C)CC)cc2)cc1. The van der Waals surface area contributed by atoms with E-state index in [4.69, 9.17) is 0 Å². The molecule has 2 aromatic rings. The summed E-state index contributed by atoms with van der Waals surface area (Å²) in [5.41, 5.74) is 5.30. The maximum Gasteiger partial charge on any atom is 0.132 e. The monoisotopic (exact) mass is 294 g/mol. The van der Waals surface area contributed by atoms with E-state index < -0.39 is 0 Å². The topological polar surface area (TPSA) is 0 Å². The first-order valence-electron chi connectivity index (χ1n) is 8.11. The minimum absolute atomic E-state index is 0.635. The lowest BCUT2D eigenvalue weighted by molar-refractivity contribution is 0.392. The maximum atomic E-state index is 3.81. The third-order valence-electron chi connectivity index (χ3n) is 4.57. The third kappa shape index (κ3) is 3.86. The van der Waals surface area contributed by atoms with E-state index in [-0.39, 0.29) is 0 Å². The zero-order valence-electron chi connectivity index (χ0n) is 14.3. The average molecular weight is 294 g/mol. The largest absolute Gasteiger partial charge is 0.292 e. The lowest BCUT2D eigenvalue weighted by atomic mass is 9.98. The van der Waals surface area contributed by atoms with Gasteiger partial charge in [-0.15, -0.1) is 0 Å². The molecule has 0 radical (unpaired) electrons. The van der Waals surface area contributed by atoms with E-state index in [1.165, 1.54) is 28.8 Å². The van der Waals surface area contributed by atoms with E-state index in [0.29, 0.717) is 5.92 Å². The average Bonchev–Trinajstić information content (AvgIpc) is 2.54. The highest BCUT2D eigenvalue weighted by molar-refractivity contribution is 5.48. The molecule has 22 heavy (non-hydrogen) atoms. The van der Waals surface area contributed by atoms with Gasteiger partial charge in [-0.1, -0.05) is 62.9 Å². The second-order valence-corrected chi connectivity index (χ2v) is 6.69. The van der Waals surface area contributed by atoms with Crippen molar-refractivity contribution in [3.05, 3.63) is 71.8 Å². The summed E-state index contributed by atoms with van der Waals surface area (Å²) in [4.78, 5) is 0. The van der Waals surface area contributed by atoms with E-state index in [2.05, 4.69) is 83.1 Å². The van der Waals surface area contributed by atoms with Gasteiger partial charge in [0.05, 0.1) is 14.1 Å². The molecule has 0 saturated heterocycles. The summed E-state index contributed by atoms with van der Waals surface area (Å²) in [5, 5.41) is 0. The van der Waals surface area contributed by atoms with Crippen molar-refractivity contribution in [2.75, 3.05) is 14.1 Å². The summed E-state index contributed by atoms with van der Waals surface area (Å²) in [6.07, 6.45) is 3.07. The highest BCUT2D eigenvalue weighted by atomic mass is 15.3. The molecule has 2 aromatic carbocycles. The summed E-state index contributed by atoms with van der Waals surface area (Å²) in [7, 11) is 4.53. The minimum atomic E-state index is 0.635. The van der Waals surface area contributed by atoms with Crippen LogP contribution in [-0.4, -0.2) is 14.1 Å². The number of rotatable bonds is 6. The molecule has 1 heteroatoms. The standard InChI is InChI=1S/C21H28N/c1-6-17(3)20-12-14-21(15-13-20)22(4,5)16-19-10-8-18(7-2)9-11-19/h7-15,17H,2,6,16H2,1,3-5H3/q+1. The second kappa shape index (κ2) is 6.93. The van der Waals surface area contributed by atoms with Gasteiger partial charge < -0.3 is 0 Å². The van der Waals surface area contributed by atoms with Gasteiger partial charge in [0.15, 0.2) is 0 Å². The highest BCUT2D eigenvalue weighted by Gasteiger charge is 2.19. The normalized spacial score (nSPS) is 12.9. The van der Waals surface area contributed by atoms with Gasteiger partial charge in [-0.05, 0) is 35.6 Å². The van der Waals surface area contributed by atoms with E-state index in [1.807, 2.05) is 6.08 Å². The van der Waals surface area contributed by atoms with Crippen LogP contribution in [0.25, 0.3) is 6.08 Å². The predicted octanol–water partition coefficient (Wildman–Crippen LogP) is 5.61. The molecule has 0 aromatic heterocycles. The first-order chi connectivity index (χ1) is 10.5. The molecule has 0 amide bonds. The number of hydrogen-bond acceptors (Lipinski definition) is 0. The van der Waals surface area contributed by atoms with Gasteiger partial charge in [-0.3, -0.25) is 4.48 Å². The molecule has 0 aliphatic rings. The van der Waals surface area contributed by atoms with Crippen LogP contribution in [0.5, 0.6) is 0 Å². The van der Waals surface area contributed by atoms with E-state index in [1.54, 1.807) is 0 Å². The molecule has 0 aliphatic heterocycles. The van der Waals surface area contributed by atoms with Gasteiger partial charge in [0, 0.05) is 5.56 Å². The molecule has 0 fully saturated rings. The lowest BCUT2D eigenvalue weighted by Gasteiger charge is -2.29. The van der Waals surface area contributed by atoms with Crippen LogP contribution < -0.4 is 4.48 Å². The molecule has 1 unspecified atom stereocenters. The van der Waals surface area contributed by atoms with Crippen molar-refractivity contribution in [2.24, 2.45) is 0 Å². The number of benzene rings is 2. The van der Waals surface area contributed by atoms with Gasteiger partial charge in [-0.2, -0.15) is 0 Å². The van der Waals surface area contributed by atoms with Crippen LogP contribution in [0.4, 0.5) is 5.69 Å². The van der Waals surface area contributed by atoms with E-state index in [0.717, 1.165) is 11.0 Å². The Hall–Kier alpha value is -1.86. The Morgan fingerprint density at radius 3 is 2.09 bits per heavy atom. The molecule has 0 N–H and O–H groups in total. The van der Waals surface area contributed by atoms with Gasteiger partial charge in [0.1, 0.15) is 12.2 Å². The minimum Gasteiger partial charge on any atom is -0.292 e. The van der Waals surface area contributed by atoms with E-state index in [9.17, 15) is 0 Å². The Morgan fingerprint density at radius 1 is 1.00 bits per heavy atom. The quantitative estimate of drug-likeness (QED) is 0.607. The molecule has 0 spiro atoms. The predicted molar refractivity (Wildman–Crippen MR) is 99.0 cm³/mol. The molecule has 2 rings (SSSR count). The molecule has 0 aliphatic carbocycles. The first kappa shape index (κ1) is 16.5. The van der Waals surface area contributed by atoms with Crippen molar-refractivity contribution < 1.29 is 0 Å². The molecule has 0 heterocycles. The van der Waals surface area contributed by atoms with Crippen molar-refractivity contribution in [1.29, 1.82) is 0 Å². The molecule has 1 atom stereocenters. The zero-order valence-corrected chi connectivity index (χ0v) is 14.3. The van der Waals surface area contributed by atoms with Crippen molar-refractivity contribution in [3.63, 3.8) is 0 Å². The zero-order chi connectivity index (χ0) is 16.2. The highest BCUT2D eigenvalue weighted by Crippen LogP contribution is 2.26. The number of hydrogen-bond donors (Lipinski definition) is 0. The van der Waals surface area contributed by atoms with Crippen molar-refractivity contribution in [1.82, 2.24) is 4.48 Å². The number of nitrogens with zero attached hydrogens (tertiary/aromatic N) is 1. The van der Waals surface area contributed by atoms with Crippen molar-refractivity contribution in [3.8, 4) is 0 Å². The number of quaternary nitrogens is 1. The van der Waals surface area contributed by atoms with Gasteiger partial charge >= 0.3 is 0 Å². The second-order valence-electron chi connectivity index (χ2n) is 6.69. The third-order valence-corrected chi connectivity index (χ3v) is 4.57. The summed E-state index contributed by atoms with van der Waals surface area (Å²) >= 11 is 0. The van der Waals surface area contributed by atoms with Crippen molar-refractivity contribution in [2.45, 2.75) is 32.7 Å². The fourth-order valence-electron chi connectivity index (χ4n) is 2.75.